The van der Waals surface area contributed by atoms with Crippen LogP contribution in [0.15, 0.2) is 0 Å². The van der Waals surface area contributed by atoms with E-state index in [-0.39, 0.29) is 12.1 Å². The van der Waals surface area contributed by atoms with Crippen LogP contribution in [0.2, 0.25) is 0 Å². The molecule has 0 amide bonds. The average Bonchev–Trinajstić information content (AvgIpc) is 3.07. The third kappa shape index (κ3) is 4.15. The molecule has 3 unspecified atom stereocenters. The molecular weight excluding hydrogens is 264 g/mol. The van der Waals surface area contributed by atoms with Gasteiger partial charge in [0.15, 0.2) is 0 Å². The number of ether oxygens (including phenoxy) is 1. The van der Waals surface area contributed by atoms with Crippen LogP contribution in [0.4, 0.5) is 0 Å². The van der Waals surface area contributed by atoms with E-state index in [0.29, 0.717) is 25.1 Å². The molecule has 112 valence electrons. The number of hydrogen-bond acceptors (Lipinski definition) is 4. The van der Waals surface area contributed by atoms with Gasteiger partial charge in [0.1, 0.15) is 0 Å². The summed E-state index contributed by atoms with van der Waals surface area (Å²) in [5.41, 5.74) is 0. The smallest absolute Gasteiger partial charge is 0.215 e. The summed E-state index contributed by atoms with van der Waals surface area (Å²) in [4.78, 5) is 0. The van der Waals surface area contributed by atoms with Crippen molar-refractivity contribution < 1.29 is 13.2 Å². The Labute approximate surface area is 116 Å². The zero-order valence-corrected chi connectivity index (χ0v) is 12.9. The molecular formula is C13H26N2O3S. The number of sulfonamides is 1. The van der Waals surface area contributed by atoms with E-state index in [1.165, 1.54) is 12.8 Å². The Bertz CT molecular complexity index is 393. The molecule has 19 heavy (non-hydrogen) atoms. The normalized spacial score (nSPS) is 29.9. The Morgan fingerprint density at radius 1 is 1.21 bits per heavy atom. The summed E-state index contributed by atoms with van der Waals surface area (Å²) in [6.45, 7) is 6.93. The molecule has 2 fully saturated rings. The lowest BCUT2D eigenvalue weighted by Crippen LogP contribution is -2.47. The van der Waals surface area contributed by atoms with Gasteiger partial charge in [0, 0.05) is 19.2 Å². The quantitative estimate of drug-likeness (QED) is 0.730. The molecule has 0 aromatic heterocycles. The van der Waals surface area contributed by atoms with Crippen LogP contribution in [0.25, 0.3) is 0 Å². The summed E-state index contributed by atoms with van der Waals surface area (Å²) in [5.74, 6) is 0.569. The largest absolute Gasteiger partial charge is 0.376 e. The maximum Gasteiger partial charge on any atom is 0.215 e. The highest BCUT2D eigenvalue weighted by atomic mass is 32.2. The van der Waals surface area contributed by atoms with Crippen molar-refractivity contribution in [3.05, 3.63) is 0 Å². The van der Waals surface area contributed by atoms with Gasteiger partial charge in [-0.15, -0.1) is 0 Å². The van der Waals surface area contributed by atoms with Crippen molar-refractivity contribution in [2.45, 2.75) is 63.5 Å². The molecule has 1 saturated carbocycles. The van der Waals surface area contributed by atoms with Crippen molar-refractivity contribution in [1.29, 1.82) is 0 Å². The van der Waals surface area contributed by atoms with Crippen LogP contribution >= 0.6 is 0 Å². The Hall–Kier alpha value is -0.170. The maximum atomic E-state index is 12.3. The molecule has 1 aliphatic carbocycles. The molecule has 0 spiro atoms. The van der Waals surface area contributed by atoms with Gasteiger partial charge >= 0.3 is 0 Å². The number of rotatable bonds is 7. The maximum absolute atomic E-state index is 12.3. The van der Waals surface area contributed by atoms with Crippen LogP contribution in [-0.2, 0) is 14.8 Å². The van der Waals surface area contributed by atoms with Crippen molar-refractivity contribution in [1.82, 2.24) is 10.0 Å². The third-order valence-corrected chi connectivity index (χ3v) is 5.74. The van der Waals surface area contributed by atoms with Crippen LogP contribution in [0, 0.1) is 5.92 Å². The Balaban J connectivity index is 1.88. The molecule has 0 radical (unpaired) electrons. The second-order valence-electron chi connectivity index (χ2n) is 6.10. The van der Waals surface area contributed by atoms with Crippen molar-refractivity contribution in [3.63, 3.8) is 0 Å². The minimum atomic E-state index is -3.27. The van der Waals surface area contributed by atoms with Crippen LogP contribution < -0.4 is 10.0 Å². The molecule has 0 aromatic carbocycles. The zero-order valence-electron chi connectivity index (χ0n) is 12.1. The van der Waals surface area contributed by atoms with E-state index in [4.69, 9.17) is 4.74 Å². The topological polar surface area (TPSA) is 67.4 Å². The molecule has 6 heteroatoms. The second kappa shape index (κ2) is 6.08. The minimum Gasteiger partial charge on any atom is -0.376 e. The van der Waals surface area contributed by atoms with Crippen molar-refractivity contribution >= 4 is 10.0 Å². The Morgan fingerprint density at radius 2 is 1.89 bits per heavy atom. The van der Waals surface area contributed by atoms with Gasteiger partial charge in [0.05, 0.1) is 17.4 Å². The van der Waals surface area contributed by atoms with E-state index in [2.05, 4.69) is 10.0 Å². The highest BCUT2D eigenvalue weighted by Crippen LogP contribution is 2.38. The van der Waals surface area contributed by atoms with E-state index >= 15 is 0 Å². The summed E-state index contributed by atoms with van der Waals surface area (Å²) in [6.07, 6.45) is 3.24. The number of hydrogen-bond donors (Lipinski definition) is 2. The van der Waals surface area contributed by atoms with Crippen LogP contribution in [0.3, 0.4) is 0 Å². The van der Waals surface area contributed by atoms with Gasteiger partial charge < -0.3 is 10.1 Å². The summed E-state index contributed by atoms with van der Waals surface area (Å²) in [5, 5.41) is 2.75. The lowest BCUT2D eigenvalue weighted by molar-refractivity contribution is 0.0847. The van der Waals surface area contributed by atoms with E-state index in [9.17, 15) is 8.42 Å². The van der Waals surface area contributed by atoms with E-state index < -0.39 is 15.3 Å². The molecule has 3 atom stereocenters. The molecule has 2 rings (SSSR count). The first kappa shape index (κ1) is 15.2. The lowest BCUT2D eigenvalue weighted by Gasteiger charge is -2.22. The summed E-state index contributed by atoms with van der Waals surface area (Å²) >= 11 is 0. The first-order chi connectivity index (χ1) is 8.90. The predicted molar refractivity (Wildman–Crippen MR) is 75.5 cm³/mol. The highest BCUT2D eigenvalue weighted by Gasteiger charge is 2.42. The monoisotopic (exact) mass is 290 g/mol. The molecule has 0 bridgehead atoms. The van der Waals surface area contributed by atoms with Crippen molar-refractivity contribution in [2.24, 2.45) is 5.92 Å². The zero-order chi connectivity index (χ0) is 14.0. The van der Waals surface area contributed by atoms with E-state index in [1.807, 2.05) is 13.8 Å². The standard InChI is InChI=1S/C13H26N2O3S/c1-9(2)14-8-10(3)19(16,17)15-12-6-7-18-13(12)11-4-5-11/h9-15H,4-8H2,1-3H3. The second-order valence-corrected chi connectivity index (χ2v) is 8.23. The third-order valence-electron chi connectivity index (χ3n) is 3.88. The van der Waals surface area contributed by atoms with Gasteiger partial charge in [0.25, 0.3) is 0 Å². The SMILES string of the molecule is CC(C)NCC(C)S(=O)(=O)NC1CCOC1C1CC1. The predicted octanol–water partition coefficient (Wildman–Crippen LogP) is 0.860. The summed E-state index contributed by atoms with van der Waals surface area (Å²) < 4.78 is 33.1. The van der Waals surface area contributed by atoms with Crippen LogP contribution in [0.5, 0.6) is 0 Å². The van der Waals surface area contributed by atoms with Crippen LogP contribution in [0.1, 0.15) is 40.0 Å². The van der Waals surface area contributed by atoms with E-state index in [1.54, 1.807) is 6.92 Å². The van der Waals surface area contributed by atoms with Crippen LogP contribution in [-0.4, -0.2) is 45.0 Å². The van der Waals surface area contributed by atoms with Gasteiger partial charge in [-0.1, -0.05) is 13.8 Å². The minimum absolute atomic E-state index is 0.0287. The Kier molecular flexibility index (Phi) is 4.87. The van der Waals surface area contributed by atoms with Crippen molar-refractivity contribution in [3.8, 4) is 0 Å². The molecule has 1 heterocycles. The first-order valence-electron chi connectivity index (χ1n) is 7.26. The molecule has 1 aliphatic heterocycles. The molecule has 1 saturated heterocycles. The fraction of sp³-hybridized carbons (Fsp3) is 1.00. The Morgan fingerprint density at radius 3 is 2.47 bits per heavy atom. The first-order valence-corrected chi connectivity index (χ1v) is 8.81. The van der Waals surface area contributed by atoms with Gasteiger partial charge in [-0.25, -0.2) is 13.1 Å². The molecule has 0 aromatic rings. The number of nitrogens with one attached hydrogen (secondary N) is 2. The highest BCUT2D eigenvalue weighted by molar-refractivity contribution is 7.90. The molecule has 2 N–H and O–H groups in total. The fourth-order valence-corrected chi connectivity index (χ4v) is 3.69. The van der Waals surface area contributed by atoms with Crippen molar-refractivity contribution in [2.75, 3.05) is 13.2 Å². The van der Waals surface area contributed by atoms with Gasteiger partial charge in [-0.05, 0) is 32.1 Å². The van der Waals surface area contributed by atoms with Gasteiger partial charge in [-0.2, -0.15) is 0 Å². The fourth-order valence-electron chi connectivity index (χ4n) is 2.47. The molecule has 5 nitrogen and oxygen atoms in total. The molecule has 2 aliphatic rings. The lowest BCUT2D eigenvalue weighted by atomic mass is 10.1. The van der Waals surface area contributed by atoms with E-state index in [0.717, 1.165) is 6.42 Å². The summed E-state index contributed by atoms with van der Waals surface area (Å²) in [7, 11) is -3.27. The van der Waals surface area contributed by atoms with Gasteiger partial charge in [-0.3, -0.25) is 0 Å². The summed E-state index contributed by atoms with van der Waals surface area (Å²) in [6, 6.07) is 0.269. The van der Waals surface area contributed by atoms with Gasteiger partial charge in [0.2, 0.25) is 10.0 Å². The average molecular weight is 290 g/mol.